The van der Waals surface area contributed by atoms with Crippen LogP contribution < -0.4 is 5.32 Å². The van der Waals surface area contributed by atoms with Crippen LogP contribution in [0.25, 0.3) is 0 Å². The molecule has 0 saturated carbocycles. The van der Waals surface area contributed by atoms with Gasteiger partial charge in [-0.05, 0) is 38.5 Å². The number of nitrogens with zero attached hydrogens (tertiary/aromatic N) is 1. The number of allylic oxidation sites excluding steroid dienone is 2. The second kappa shape index (κ2) is 48.3. The maximum atomic E-state index is 13.0. The fraction of sp³-hybridized carbons (Fsp3) is 0.946. The van der Waals surface area contributed by atoms with Crippen molar-refractivity contribution < 1.29 is 32.9 Å². The molecular formula is C56H114N2O6P+. The van der Waals surface area contributed by atoms with E-state index in [2.05, 4.69) is 31.3 Å². The quantitative estimate of drug-likeness (QED) is 0.0243. The molecule has 388 valence electrons. The predicted octanol–water partition coefficient (Wildman–Crippen LogP) is 17.0. The van der Waals surface area contributed by atoms with Crippen molar-refractivity contribution in [2.24, 2.45) is 0 Å². The van der Waals surface area contributed by atoms with E-state index in [4.69, 9.17) is 9.05 Å². The van der Waals surface area contributed by atoms with E-state index in [0.717, 1.165) is 38.5 Å². The Balaban J connectivity index is 3.96. The minimum Gasteiger partial charge on any atom is -0.391 e. The summed E-state index contributed by atoms with van der Waals surface area (Å²) < 4.78 is 23.7. The van der Waals surface area contributed by atoms with Gasteiger partial charge in [0.25, 0.3) is 0 Å². The van der Waals surface area contributed by atoms with E-state index in [1.165, 1.54) is 225 Å². The second-order valence-electron chi connectivity index (χ2n) is 21.0. The van der Waals surface area contributed by atoms with E-state index in [1.807, 2.05) is 21.1 Å². The molecule has 0 radical (unpaired) electrons. The molecule has 0 aliphatic heterocycles. The molecule has 3 unspecified atom stereocenters. The molecule has 65 heavy (non-hydrogen) atoms. The van der Waals surface area contributed by atoms with Crippen LogP contribution in [-0.2, 0) is 18.4 Å². The number of hydrogen-bond acceptors (Lipinski definition) is 5. The number of unbranched alkanes of at least 4 members (excludes halogenated alkanes) is 38. The highest BCUT2D eigenvalue weighted by Gasteiger charge is 2.28. The van der Waals surface area contributed by atoms with Crippen molar-refractivity contribution in [2.75, 3.05) is 40.9 Å². The standard InChI is InChI=1S/C56H113N2O6P/c1-6-8-10-12-14-16-18-20-21-22-23-24-25-26-27-28-29-30-31-32-33-34-35-36-37-38-40-42-44-46-48-50-56(60)57-54(53-64-65(61,62)63-52-51-58(3,4)5)55(59)49-47-45-43-41-39-19-17-15-13-11-9-7-2/h22-23,54-55,59H,6-21,24-53H2,1-5H3,(H-,57,60,61,62)/p+1/b23-22-. The van der Waals surface area contributed by atoms with Crippen LogP contribution in [0.3, 0.4) is 0 Å². The topological polar surface area (TPSA) is 105 Å². The van der Waals surface area contributed by atoms with E-state index in [-0.39, 0.29) is 19.1 Å². The van der Waals surface area contributed by atoms with Crippen LogP contribution >= 0.6 is 7.82 Å². The number of phosphoric acid groups is 1. The van der Waals surface area contributed by atoms with Gasteiger partial charge in [-0.25, -0.2) is 4.57 Å². The van der Waals surface area contributed by atoms with E-state index < -0.39 is 20.0 Å². The maximum Gasteiger partial charge on any atom is 0.472 e. The molecule has 3 N–H and O–H groups in total. The highest BCUT2D eigenvalue weighted by Crippen LogP contribution is 2.43. The lowest BCUT2D eigenvalue weighted by atomic mass is 10.0. The van der Waals surface area contributed by atoms with Gasteiger partial charge in [-0.1, -0.05) is 257 Å². The number of rotatable bonds is 53. The van der Waals surface area contributed by atoms with Crippen molar-refractivity contribution in [1.29, 1.82) is 0 Å². The van der Waals surface area contributed by atoms with E-state index >= 15 is 0 Å². The smallest absolute Gasteiger partial charge is 0.391 e. The predicted molar refractivity (Wildman–Crippen MR) is 282 cm³/mol. The summed E-state index contributed by atoms with van der Waals surface area (Å²) in [5.41, 5.74) is 0. The number of aliphatic hydroxyl groups is 1. The third-order valence-electron chi connectivity index (χ3n) is 13.3. The molecule has 3 atom stereocenters. The van der Waals surface area contributed by atoms with Crippen molar-refractivity contribution in [3.05, 3.63) is 12.2 Å². The Morgan fingerprint density at radius 2 is 0.831 bits per heavy atom. The first kappa shape index (κ1) is 64.2. The first-order valence-corrected chi connectivity index (χ1v) is 30.0. The zero-order valence-corrected chi connectivity index (χ0v) is 45.2. The minimum absolute atomic E-state index is 0.0777. The Kier molecular flexibility index (Phi) is 47.7. The molecule has 0 spiro atoms. The lowest BCUT2D eigenvalue weighted by Crippen LogP contribution is -2.46. The van der Waals surface area contributed by atoms with Gasteiger partial charge in [-0.2, -0.15) is 0 Å². The van der Waals surface area contributed by atoms with Gasteiger partial charge >= 0.3 is 7.82 Å². The third kappa shape index (κ3) is 50.9. The van der Waals surface area contributed by atoms with Crippen LogP contribution in [-0.4, -0.2) is 73.4 Å². The van der Waals surface area contributed by atoms with Gasteiger partial charge in [-0.15, -0.1) is 0 Å². The van der Waals surface area contributed by atoms with Crippen LogP contribution in [0.1, 0.15) is 290 Å². The summed E-state index contributed by atoms with van der Waals surface area (Å²) in [5, 5.41) is 14.0. The molecule has 0 aromatic rings. The van der Waals surface area contributed by atoms with E-state index in [1.54, 1.807) is 0 Å². The zero-order chi connectivity index (χ0) is 47.8. The Hall–Kier alpha value is -0.760. The number of carbonyl (C=O) groups excluding carboxylic acids is 1. The lowest BCUT2D eigenvalue weighted by molar-refractivity contribution is -0.870. The van der Waals surface area contributed by atoms with Crippen LogP contribution in [0.2, 0.25) is 0 Å². The van der Waals surface area contributed by atoms with Gasteiger partial charge in [0.2, 0.25) is 5.91 Å². The molecule has 0 aliphatic rings. The molecule has 0 heterocycles. The summed E-state index contributed by atoms with van der Waals surface area (Å²) in [4.78, 5) is 23.3. The number of quaternary nitrogens is 1. The van der Waals surface area contributed by atoms with Crippen LogP contribution in [0.5, 0.6) is 0 Å². The number of hydrogen-bond donors (Lipinski definition) is 3. The average Bonchev–Trinajstić information content (AvgIpc) is 3.26. The Labute approximate surface area is 405 Å². The average molecular weight is 943 g/mol. The van der Waals surface area contributed by atoms with Crippen molar-refractivity contribution in [2.45, 2.75) is 302 Å². The number of carbonyl (C=O) groups is 1. The Morgan fingerprint density at radius 1 is 0.508 bits per heavy atom. The van der Waals surface area contributed by atoms with Crippen molar-refractivity contribution in [3.63, 3.8) is 0 Å². The van der Waals surface area contributed by atoms with Crippen molar-refractivity contribution in [1.82, 2.24) is 5.32 Å². The fourth-order valence-electron chi connectivity index (χ4n) is 8.75. The molecule has 0 saturated heterocycles. The molecule has 9 heteroatoms. The normalized spacial score (nSPS) is 14.0. The second-order valence-corrected chi connectivity index (χ2v) is 22.5. The summed E-state index contributed by atoms with van der Waals surface area (Å²) in [5.74, 6) is -0.139. The summed E-state index contributed by atoms with van der Waals surface area (Å²) in [6.45, 7) is 4.91. The number of amides is 1. The Bertz CT molecular complexity index is 1070. The van der Waals surface area contributed by atoms with E-state index in [0.29, 0.717) is 23.9 Å². The highest BCUT2D eigenvalue weighted by atomic mass is 31.2. The van der Waals surface area contributed by atoms with Crippen molar-refractivity contribution in [3.8, 4) is 0 Å². The molecule has 0 fully saturated rings. The SMILES string of the molecule is CCCCCCCCCC/C=C\CCCCCCCCCCCCCCCCCCCCCC(=O)NC(COP(=O)(O)OCC[N+](C)(C)C)C(O)CCCCCCCCCCCCCC. The first-order chi connectivity index (χ1) is 31.5. The largest absolute Gasteiger partial charge is 0.472 e. The first-order valence-electron chi connectivity index (χ1n) is 28.6. The molecule has 0 aromatic carbocycles. The van der Waals surface area contributed by atoms with Crippen LogP contribution in [0.4, 0.5) is 0 Å². The minimum atomic E-state index is -4.31. The van der Waals surface area contributed by atoms with Gasteiger partial charge in [0.1, 0.15) is 13.2 Å². The Morgan fingerprint density at radius 3 is 1.18 bits per heavy atom. The summed E-state index contributed by atoms with van der Waals surface area (Å²) >= 11 is 0. The molecular weight excluding hydrogens is 828 g/mol. The summed E-state index contributed by atoms with van der Waals surface area (Å²) in [6.07, 6.45) is 58.5. The van der Waals surface area contributed by atoms with Crippen molar-refractivity contribution >= 4 is 13.7 Å². The molecule has 0 aliphatic carbocycles. The molecule has 0 aromatic heterocycles. The molecule has 0 bridgehead atoms. The number of nitrogens with one attached hydrogen (secondary N) is 1. The fourth-order valence-corrected chi connectivity index (χ4v) is 9.49. The third-order valence-corrected chi connectivity index (χ3v) is 14.2. The number of aliphatic hydroxyl groups excluding tert-OH is 1. The summed E-state index contributed by atoms with van der Waals surface area (Å²) in [6, 6.07) is -0.755. The van der Waals surface area contributed by atoms with Gasteiger partial charge < -0.3 is 19.8 Å². The molecule has 1 amide bonds. The van der Waals surface area contributed by atoms with Gasteiger partial charge in [0.15, 0.2) is 0 Å². The lowest BCUT2D eigenvalue weighted by Gasteiger charge is -2.26. The monoisotopic (exact) mass is 942 g/mol. The van der Waals surface area contributed by atoms with Crippen LogP contribution in [0, 0.1) is 0 Å². The zero-order valence-electron chi connectivity index (χ0n) is 44.3. The molecule has 8 nitrogen and oxygen atoms in total. The van der Waals surface area contributed by atoms with Crippen LogP contribution in [0.15, 0.2) is 12.2 Å². The summed E-state index contributed by atoms with van der Waals surface area (Å²) in [7, 11) is 1.63. The highest BCUT2D eigenvalue weighted by molar-refractivity contribution is 7.47. The maximum absolute atomic E-state index is 13.0. The van der Waals surface area contributed by atoms with Gasteiger partial charge in [0, 0.05) is 6.42 Å². The van der Waals surface area contributed by atoms with E-state index in [9.17, 15) is 19.4 Å². The van der Waals surface area contributed by atoms with Gasteiger partial charge in [0.05, 0.1) is 39.9 Å². The van der Waals surface area contributed by atoms with Gasteiger partial charge in [-0.3, -0.25) is 13.8 Å². The molecule has 0 rings (SSSR count). The number of likely N-dealkylation sites (N-methyl/N-ethyl adjacent to an activating group) is 1. The number of phosphoric ester groups is 1.